The van der Waals surface area contributed by atoms with E-state index >= 15 is 0 Å². The van der Waals surface area contributed by atoms with Gasteiger partial charge in [-0.3, -0.25) is 9.10 Å². The maximum Gasteiger partial charge on any atom is 0.338 e. The van der Waals surface area contributed by atoms with Gasteiger partial charge in [0.05, 0.1) is 16.1 Å². The van der Waals surface area contributed by atoms with Gasteiger partial charge in [0, 0.05) is 12.6 Å². The molecule has 0 N–H and O–H groups in total. The van der Waals surface area contributed by atoms with Gasteiger partial charge in [-0.25, -0.2) is 17.6 Å². The number of ketones is 1. The van der Waals surface area contributed by atoms with Crippen LogP contribution in [-0.2, 0) is 14.8 Å². The minimum atomic E-state index is -3.75. The van der Waals surface area contributed by atoms with Gasteiger partial charge in [-0.05, 0) is 67.6 Å². The van der Waals surface area contributed by atoms with E-state index in [4.69, 9.17) is 4.74 Å². The molecule has 160 valence electrons. The van der Waals surface area contributed by atoms with Crippen LogP contribution in [0, 0.1) is 12.7 Å². The third kappa shape index (κ3) is 5.16. The van der Waals surface area contributed by atoms with E-state index in [9.17, 15) is 22.4 Å². The van der Waals surface area contributed by atoms with E-state index in [0.717, 1.165) is 22.0 Å². The molecular weight excluding hydrogens is 421 g/mol. The molecule has 0 aliphatic heterocycles. The first-order valence-electron chi connectivity index (χ1n) is 9.30. The number of anilines is 1. The van der Waals surface area contributed by atoms with E-state index in [-0.39, 0.29) is 16.0 Å². The maximum absolute atomic E-state index is 12.9. The number of ether oxygens (including phenoxy) is 1. The topological polar surface area (TPSA) is 80.8 Å². The maximum atomic E-state index is 12.9. The molecule has 0 aliphatic rings. The smallest absolute Gasteiger partial charge is 0.338 e. The molecule has 0 unspecified atom stereocenters. The van der Waals surface area contributed by atoms with E-state index in [1.165, 1.54) is 55.6 Å². The third-order valence-corrected chi connectivity index (χ3v) is 6.45. The highest BCUT2D eigenvalue weighted by Crippen LogP contribution is 2.23. The summed E-state index contributed by atoms with van der Waals surface area (Å²) >= 11 is 0. The van der Waals surface area contributed by atoms with E-state index in [1.807, 2.05) is 6.92 Å². The molecule has 0 radical (unpaired) electrons. The Morgan fingerprint density at radius 3 is 2.00 bits per heavy atom. The van der Waals surface area contributed by atoms with Crippen LogP contribution in [0.1, 0.15) is 26.3 Å². The number of halogens is 1. The van der Waals surface area contributed by atoms with Crippen molar-refractivity contribution in [3.63, 3.8) is 0 Å². The van der Waals surface area contributed by atoms with Crippen LogP contribution in [0.25, 0.3) is 0 Å². The van der Waals surface area contributed by atoms with E-state index < -0.39 is 34.2 Å². The molecule has 0 saturated heterocycles. The summed E-state index contributed by atoms with van der Waals surface area (Å²) in [5.74, 6) is -1.66. The fourth-order valence-electron chi connectivity index (χ4n) is 2.75. The minimum Gasteiger partial charge on any atom is -0.454 e. The van der Waals surface area contributed by atoms with Gasteiger partial charge in [-0.2, -0.15) is 0 Å². The largest absolute Gasteiger partial charge is 0.454 e. The number of carbonyl (C=O) groups excluding carboxylic acids is 2. The summed E-state index contributed by atoms with van der Waals surface area (Å²) in [7, 11) is -2.33. The van der Waals surface area contributed by atoms with Gasteiger partial charge in [0.1, 0.15) is 5.82 Å². The first-order valence-corrected chi connectivity index (χ1v) is 10.7. The molecule has 0 saturated carbocycles. The zero-order valence-electron chi connectivity index (χ0n) is 16.9. The van der Waals surface area contributed by atoms with Crippen LogP contribution in [0.15, 0.2) is 77.7 Å². The Hall–Kier alpha value is -3.52. The van der Waals surface area contributed by atoms with Crippen molar-refractivity contribution >= 4 is 27.5 Å². The van der Waals surface area contributed by atoms with Gasteiger partial charge >= 0.3 is 5.97 Å². The molecule has 6 nitrogen and oxygen atoms in total. The lowest BCUT2D eigenvalue weighted by atomic mass is 10.1. The second-order valence-corrected chi connectivity index (χ2v) is 8.81. The predicted molar refractivity (Wildman–Crippen MR) is 114 cm³/mol. The molecule has 8 heteroatoms. The normalized spacial score (nSPS) is 11.1. The molecule has 0 aromatic heterocycles. The number of aryl methyl sites for hydroxylation is 1. The number of esters is 1. The van der Waals surface area contributed by atoms with Crippen molar-refractivity contribution in [2.75, 3.05) is 18.0 Å². The summed E-state index contributed by atoms with van der Waals surface area (Å²) in [5.41, 5.74) is 1.70. The van der Waals surface area contributed by atoms with Gasteiger partial charge in [-0.15, -0.1) is 0 Å². The fourth-order valence-corrected chi connectivity index (χ4v) is 3.94. The Labute approximate surface area is 179 Å². The molecule has 0 fully saturated rings. The fraction of sp³-hybridized carbons (Fsp3) is 0.130. The van der Waals surface area contributed by atoms with Crippen molar-refractivity contribution in [1.82, 2.24) is 0 Å². The number of rotatable bonds is 7. The second kappa shape index (κ2) is 9.09. The number of carbonyl (C=O) groups is 2. The van der Waals surface area contributed by atoms with Gasteiger partial charge in [-0.1, -0.05) is 17.7 Å². The number of hydrogen-bond donors (Lipinski definition) is 0. The van der Waals surface area contributed by atoms with Gasteiger partial charge in [0.2, 0.25) is 0 Å². The van der Waals surface area contributed by atoms with Crippen LogP contribution in [-0.4, -0.2) is 33.8 Å². The van der Waals surface area contributed by atoms with E-state index in [2.05, 4.69) is 0 Å². The Morgan fingerprint density at radius 1 is 0.871 bits per heavy atom. The molecule has 0 amide bonds. The lowest BCUT2D eigenvalue weighted by Crippen LogP contribution is -2.26. The second-order valence-electron chi connectivity index (χ2n) is 6.84. The number of nitrogens with zero attached hydrogens (tertiary/aromatic N) is 1. The first-order chi connectivity index (χ1) is 14.7. The van der Waals surface area contributed by atoms with Crippen LogP contribution in [0.4, 0.5) is 10.1 Å². The first kappa shape index (κ1) is 22.2. The number of Topliss-reactive ketones (excluding diaryl/α,β-unsaturated/α-hetero) is 1. The van der Waals surface area contributed by atoms with Gasteiger partial charge in [0.15, 0.2) is 12.4 Å². The number of benzene rings is 3. The highest BCUT2D eigenvalue weighted by Gasteiger charge is 2.21. The van der Waals surface area contributed by atoms with Gasteiger partial charge < -0.3 is 4.74 Å². The molecule has 0 bridgehead atoms. The molecule has 0 spiro atoms. The van der Waals surface area contributed by atoms with Crippen molar-refractivity contribution < 1.29 is 27.1 Å². The predicted octanol–water partition coefficient (Wildman–Crippen LogP) is 4.00. The summed E-state index contributed by atoms with van der Waals surface area (Å²) in [6.45, 7) is 1.37. The highest BCUT2D eigenvalue weighted by molar-refractivity contribution is 7.92. The molecule has 31 heavy (non-hydrogen) atoms. The Morgan fingerprint density at radius 2 is 1.42 bits per heavy atom. The molecule has 3 aromatic rings. The molecule has 3 aromatic carbocycles. The van der Waals surface area contributed by atoms with Crippen molar-refractivity contribution in [3.8, 4) is 0 Å². The average molecular weight is 441 g/mol. The third-order valence-electron chi connectivity index (χ3n) is 4.65. The standard InChI is InChI=1S/C23H20FNO5S/c1-16-3-13-21(14-4-16)31(28,29)25(2)20-11-7-18(8-12-20)23(27)30-15-22(26)17-5-9-19(24)10-6-17/h3-14H,15H2,1-2H3. The van der Waals surface area contributed by atoms with Gasteiger partial charge in [0.25, 0.3) is 10.0 Å². The van der Waals surface area contributed by atoms with Crippen molar-refractivity contribution in [2.24, 2.45) is 0 Å². The van der Waals surface area contributed by atoms with Crippen LogP contribution < -0.4 is 4.31 Å². The summed E-state index contributed by atoms with van der Waals surface area (Å²) in [6, 6.07) is 17.2. The summed E-state index contributed by atoms with van der Waals surface area (Å²) < 4.78 is 44.6. The van der Waals surface area contributed by atoms with Crippen LogP contribution in [0.2, 0.25) is 0 Å². The Bertz CT molecular complexity index is 1190. The van der Waals surface area contributed by atoms with E-state index in [1.54, 1.807) is 12.1 Å². The average Bonchev–Trinajstić information content (AvgIpc) is 2.77. The SMILES string of the molecule is Cc1ccc(S(=O)(=O)N(C)c2ccc(C(=O)OCC(=O)c3ccc(F)cc3)cc2)cc1. The Balaban J connectivity index is 1.66. The number of sulfonamides is 1. The number of hydrogen-bond acceptors (Lipinski definition) is 5. The highest BCUT2D eigenvalue weighted by atomic mass is 32.2. The van der Waals surface area contributed by atoms with Crippen molar-refractivity contribution in [2.45, 2.75) is 11.8 Å². The summed E-state index contributed by atoms with van der Waals surface area (Å²) in [6.07, 6.45) is 0. The van der Waals surface area contributed by atoms with E-state index in [0.29, 0.717) is 5.69 Å². The monoisotopic (exact) mass is 441 g/mol. The van der Waals surface area contributed by atoms with Crippen molar-refractivity contribution in [3.05, 3.63) is 95.3 Å². The molecular formula is C23H20FNO5S. The zero-order valence-corrected chi connectivity index (χ0v) is 17.7. The molecule has 0 atom stereocenters. The zero-order chi connectivity index (χ0) is 22.6. The van der Waals surface area contributed by atoms with Crippen LogP contribution >= 0.6 is 0 Å². The van der Waals surface area contributed by atoms with Crippen LogP contribution in [0.3, 0.4) is 0 Å². The summed E-state index contributed by atoms with van der Waals surface area (Å²) in [5, 5.41) is 0. The Kier molecular flexibility index (Phi) is 6.50. The lowest BCUT2D eigenvalue weighted by molar-refractivity contribution is 0.0474. The van der Waals surface area contributed by atoms with Crippen molar-refractivity contribution in [1.29, 1.82) is 0 Å². The minimum absolute atomic E-state index is 0.156. The molecule has 0 heterocycles. The van der Waals surface area contributed by atoms with Crippen LogP contribution in [0.5, 0.6) is 0 Å². The summed E-state index contributed by atoms with van der Waals surface area (Å²) in [4.78, 5) is 24.4. The molecule has 3 rings (SSSR count). The lowest BCUT2D eigenvalue weighted by Gasteiger charge is -2.19. The molecule has 0 aliphatic carbocycles. The quantitative estimate of drug-likeness (QED) is 0.409.